The average molecular weight is 952 g/mol. The number of benzene rings is 13. The summed E-state index contributed by atoms with van der Waals surface area (Å²) in [5.74, 6) is 0. The van der Waals surface area contributed by atoms with Crippen molar-refractivity contribution in [1.82, 2.24) is 0 Å². The average Bonchev–Trinajstić information content (AvgIpc) is 4.25. The van der Waals surface area contributed by atoms with Gasteiger partial charge in [0.05, 0.1) is 11.1 Å². The van der Waals surface area contributed by atoms with Crippen molar-refractivity contribution in [2.75, 3.05) is 4.90 Å². The van der Waals surface area contributed by atoms with Gasteiger partial charge in [0.2, 0.25) is 0 Å². The molecule has 75 heavy (non-hydrogen) atoms. The normalized spacial score (nSPS) is 13.9. The maximum absolute atomic E-state index is 2.61. The van der Waals surface area contributed by atoms with E-state index >= 15 is 0 Å². The van der Waals surface area contributed by atoms with Gasteiger partial charge in [-0.25, -0.2) is 0 Å². The molecule has 0 amide bonds. The number of hydrogen-bond donors (Lipinski definition) is 0. The van der Waals surface area contributed by atoms with Crippen molar-refractivity contribution in [2.45, 2.75) is 24.7 Å². The lowest BCUT2D eigenvalue weighted by Gasteiger charge is -2.34. The predicted octanol–water partition coefficient (Wildman–Crippen LogP) is 19.8. The van der Waals surface area contributed by atoms with Crippen LogP contribution in [0.3, 0.4) is 0 Å². The standard InChI is InChI=1S/C74H49N/c1-73(2)66-33-13-9-28-59(66)61-31-18-32-62(72(61)73)65-44-64-60-29-12-16-36-69(60)74(67-34-14-10-26-57(67)58-27-11-15-35-68(58)74)70(64)45-71(65)75(48-39-37-47(38-40-48)51-30-17-20-46-19-3-4-21-50(46)51)49-41-42-56-54-24-6-5-22-52(54)53-23-7-8-25-55(53)63(56)43-49/h3-45H,1-2H3. The van der Waals surface area contributed by atoms with E-state index in [-0.39, 0.29) is 5.41 Å². The lowest BCUT2D eigenvalue weighted by molar-refractivity contribution is 0.662. The van der Waals surface area contributed by atoms with Crippen molar-refractivity contribution in [2.24, 2.45) is 0 Å². The summed E-state index contributed by atoms with van der Waals surface area (Å²) in [4.78, 5) is 2.59. The van der Waals surface area contributed by atoms with E-state index < -0.39 is 5.41 Å². The molecule has 0 heterocycles. The SMILES string of the molecule is CC1(C)c2ccccc2-c2cccc(-c3cc4c(cc3N(c3ccc(-c5cccc6ccccc56)cc3)c3ccc5c6ccccc6c6ccccc6c5c3)C3(c5ccccc5-c5ccccc53)c3ccccc3-4)c21. The van der Waals surface area contributed by atoms with E-state index in [9.17, 15) is 0 Å². The Hall–Kier alpha value is -9.30. The third kappa shape index (κ3) is 5.73. The molecule has 0 radical (unpaired) electrons. The molecular weight excluding hydrogens is 903 g/mol. The zero-order valence-corrected chi connectivity index (χ0v) is 41.8. The van der Waals surface area contributed by atoms with E-state index in [2.05, 4.69) is 280 Å². The first-order valence-electron chi connectivity index (χ1n) is 26.4. The summed E-state index contributed by atoms with van der Waals surface area (Å²) in [7, 11) is 0. The number of hydrogen-bond acceptors (Lipinski definition) is 1. The highest BCUT2D eigenvalue weighted by atomic mass is 15.1. The van der Waals surface area contributed by atoms with E-state index in [1.807, 2.05) is 0 Å². The maximum atomic E-state index is 2.61. The van der Waals surface area contributed by atoms with E-state index in [4.69, 9.17) is 0 Å². The fourth-order valence-corrected chi connectivity index (χ4v) is 14.3. The summed E-state index contributed by atoms with van der Waals surface area (Å²) in [5.41, 5.74) is 23.3. The van der Waals surface area contributed by atoms with Crippen LogP contribution in [0, 0.1) is 0 Å². The van der Waals surface area contributed by atoms with Crippen LogP contribution in [0.2, 0.25) is 0 Å². The minimum absolute atomic E-state index is 0.255. The first-order chi connectivity index (χ1) is 37.0. The van der Waals surface area contributed by atoms with Gasteiger partial charge < -0.3 is 4.90 Å². The molecule has 0 saturated heterocycles. The van der Waals surface area contributed by atoms with Crippen molar-refractivity contribution >= 4 is 60.2 Å². The molecule has 0 aliphatic heterocycles. The summed E-state index contributed by atoms with van der Waals surface area (Å²) in [6.45, 7) is 4.85. The molecule has 0 saturated carbocycles. The summed E-state index contributed by atoms with van der Waals surface area (Å²) >= 11 is 0. The Morgan fingerprint density at radius 2 is 0.693 bits per heavy atom. The van der Waals surface area contributed by atoms with E-state index in [0.29, 0.717) is 0 Å². The minimum Gasteiger partial charge on any atom is -0.310 e. The molecule has 1 spiro atoms. The summed E-state index contributed by atoms with van der Waals surface area (Å²) in [5, 5.41) is 10.0. The van der Waals surface area contributed by atoms with Crippen LogP contribution in [0.4, 0.5) is 17.1 Å². The third-order valence-corrected chi connectivity index (χ3v) is 17.4. The molecule has 0 aromatic heterocycles. The van der Waals surface area contributed by atoms with Crippen LogP contribution >= 0.6 is 0 Å². The first-order valence-corrected chi connectivity index (χ1v) is 26.4. The molecular formula is C74H49N. The molecule has 3 aliphatic rings. The van der Waals surface area contributed by atoms with Crippen molar-refractivity contribution < 1.29 is 0 Å². The molecule has 1 heteroatoms. The number of nitrogens with zero attached hydrogens (tertiary/aromatic N) is 1. The Bertz CT molecular complexity index is 4480. The highest BCUT2D eigenvalue weighted by Gasteiger charge is 2.52. The third-order valence-electron chi connectivity index (χ3n) is 17.4. The zero-order valence-electron chi connectivity index (χ0n) is 41.8. The largest absolute Gasteiger partial charge is 0.310 e. The van der Waals surface area contributed by atoms with Gasteiger partial charge in [-0.2, -0.15) is 0 Å². The van der Waals surface area contributed by atoms with E-state index in [0.717, 1.165) is 17.1 Å². The van der Waals surface area contributed by atoms with Gasteiger partial charge in [-0.15, -0.1) is 0 Å². The number of rotatable bonds is 5. The molecule has 0 atom stereocenters. The predicted molar refractivity (Wildman–Crippen MR) is 316 cm³/mol. The monoisotopic (exact) mass is 951 g/mol. The second kappa shape index (κ2) is 15.6. The quantitative estimate of drug-likeness (QED) is 0.155. The van der Waals surface area contributed by atoms with Gasteiger partial charge in [0.25, 0.3) is 0 Å². The number of anilines is 3. The van der Waals surface area contributed by atoms with Gasteiger partial charge in [-0.1, -0.05) is 238 Å². The Morgan fingerprint density at radius 1 is 0.267 bits per heavy atom. The molecule has 0 fully saturated rings. The van der Waals surface area contributed by atoms with Gasteiger partial charge in [0.1, 0.15) is 0 Å². The van der Waals surface area contributed by atoms with Crippen LogP contribution in [0.15, 0.2) is 261 Å². The van der Waals surface area contributed by atoms with Crippen LogP contribution in [-0.2, 0) is 10.8 Å². The molecule has 13 aromatic rings. The topological polar surface area (TPSA) is 3.24 Å². The van der Waals surface area contributed by atoms with Crippen LogP contribution < -0.4 is 4.90 Å². The van der Waals surface area contributed by atoms with Crippen molar-refractivity contribution in [3.8, 4) is 55.6 Å². The van der Waals surface area contributed by atoms with Crippen LogP contribution in [-0.4, -0.2) is 0 Å². The number of fused-ring (bicyclic) bond motifs is 20. The molecule has 1 nitrogen and oxygen atoms in total. The summed E-state index contributed by atoms with van der Waals surface area (Å²) in [6.07, 6.45) is 0. The van der Waals surface area contributed by atoms with Gasteiger partial charge in [0, 0.05) is 22.4 Å². The van der Waals surface area contributed by atoms with Gasteiger partial charge in [-0.05, 0) is 163 Å². The highest BCUT2D eigenvalue weighted by molar-refractivity contribution is 6.26. The Balaban J connectivity index is 1.04. The smallest absolute Gasteiger partial charge is 0.0726 e. The van der Waals surface area contributed by atoms with Crippen LogP contribution in [0.25, 0.3) is 98.7 Å². The van der Waals surface area contributed by atoms with Crippen LogP contribution in [0.1, 0.15) is 47.2 Å². The minimum atomic E-state index is -0.539. The van der Waals surface area contributed by atoms with Crippen molar-refractivity contribution in [1.29, 1.82) is 0 Å². The Morgan fingerprint density at radius 3 is 1.32 bits per heavy atom. The molecule has 350 valence electrons. The fourth-order valence-electron chi connectivity index (χ4n) is 14.3. The zero-order chi connectivity index (χ0) is 49.6. The summed E-state index contributed by atoms with van der Waals surface area (Å²) < 4.78 is 0. The lowest BCUT2D eigenvalue weighted by atomic mass is 9.70. The lowest BCUT2D eigenvalue weighted by Crippen LogP contribution is -2.26. The van der Waals surface area contributed by atoms with Gasteiger partial charge in [0.15, 0.2) is 0 Å². The van der Waals surface area contributed by atoms with E-state index in [1.165, 1.54) is 132 Å². The molecule has 0 bridgehead atoms. The van der Waals surface area contributed by atoms with Crippen molar-refractivity contribution in [3.63, 3.8) is 0 Å². The first kappa shape index (κ1) is 42.2. The molecule has 3 aliphatic carbocycles. The second-order valence-corrected chi connectivity index (χ2v) is 21.4. The molecule has 16 rings (SSSR count). The van der Waals surface area contributed by atoms with Crippen LogP contribution in [0.5, 0.6) is 0 Å². The fraction of sp³-hybridized carbons (Fsp3) is 0.0541. The van der Waals surface area contributed by atoms with Gasteiger partial charge >= 0.3 is 0 Å². The molecule has 0 N–H and O–H groups in total. The molecule has 0 unspecified atom stereocenters. The highest BCUT2D eigenvalue weighted by Crippen LogP contribution is 2.65. The maximum Gasteiger partial charge on any atom is 0.0726 e. The Labute approximate surface area is 437 Å². The molecule has 13 aromatic carbocycles. The summed E-state index contributed by atoms with van der Waals surface area (Å²) in [6, 6.07) is 98.7. The van der Waals surface area contributed by atoms with E-state index in [1.54, 1.807) is 0 Å². The van der Waals surface area contributed by atoms with Gasteiger partial charge in [-0.3, -0.25) is 0 Å². The van der Waals surface area contributed by atoms with Crippen molar-refractivity contribution in [3.05, 3.63) is 294 Å². The Kier molecular flexibility index (Phi) is 8.79. The second-order valence-electron chi connectivity index (χ2n) is 21.4.